The van der Waals surface area contributed by atoms with Crippen LogP contribution in [0.2, 0.25) is 0 Å². The van der Waals surface area contributed by atoms with E-state index in [9.17, 15) is 13.2 Å². The first kappa shape index (κ1) is 18.6. The van der Waals surface area contributed by atoms with E-state index in [0.717, 1.165) is 25.7 Å². The van der Waals surface area contributed by atoms with E-state index in [-0.39, 0.29) is 28.5 Å². The standard InChI is InChI=1S/C18H23N3O4S/c1-18(2)9-4-3-7-14(18)11-16(22)21-26(23,24)15-8-5-6-13(10-15)17-20-19-12-25-17/h5-6,8,10,12,14H,3-4,7,9,11H2,1-2H3,(H,21,22)/t14-/m1/s1. The number of nitrogens with one attached hydrogen (secondary N) is 1. The van der Waals surface area contributed by atoms with Crippen molar-refractivity contribution in [3.63, 3.8) is 0 Å². The number of nitrogens with zero attached hydrogens (tertiary/aromatic N) is 2. The number of rotatable bonds is 5. The van der Waals surface area contributed by atoms with Crippen LogP contribution in [-0.4, -0.2) is 24.5 Å². The normalized spacial score (nSPS) is 19.8. The maximum atomic E-state index is 12.6. The molecule has 3 rings (SSSR count). The van der Waals surface area contributed by atoms with Crippen LogP contribution in [0, 0.1) is 11.3 Å². The average Bonchev–Trinajstić information content (AvgIpc) is 3.11. The molecular formula is C18H23N3O4S. The summed E-state index contributed by atoms with van der Waals surface area (Å²) in [7, 11) is -3.95. The number of carbonyl (C=O) groups is 1. The van der Waals surface area contributed by atoms with E-state index in [2.05, 4.69) is 28.8 Å². The molecule has 2 aromatic rings. The lowest BCUT2D eigenvalue weighted by atomic mass is 9.67. The molecular weight excluding hydrogens is 354 g/mol. The van der Waals surface area contributed by atoms with Crippen molar-refractivity contribution in [2.45, 2.75) is 50.8 Å². The van der Waals surface area contributed by atoms with Crippen molar-refractivity contribution in [2.75, 3.05) is 0 Å². The molecule has 0 saturated heterocycles. The van der Waals surface area contributed by atoms with Crippen LogP contribution in [0.4, 0.5) is 0 Å². The first-order valence-electron chi connectivity index (χ1n) is 8.70. The fourth-order valence-corrected chi connectivity index (χ4v) is 4.55. The Morgan fingerprint density at radius 3 is 2.85 bits per heavy atom. The zero-order valence-corrected chi connectivity index (χ0v) is 15.8. The Morgan fingerprint density at radius 2 is 2.15 bits per heavy atom. The van der Waals surface area contributed by atoms with Crippen molar-refractivity contribution >= 4 is 15.9 Å². The molecule has 1 N–H and O–H groups in total. The van der Waals surface area contributed by atoms with E-state index in [1.807, 2.05) is 0 Å². The molecule has 1 aliphatic rings. The summed E-state index contributed by atoms with van der Waals surface area (Å²) in [5, 5.41) is 7.35. The number of hydrogen-bond donors (Lipinski definition) is 1. The summed E-state index contributed by atoms with van der Waals surface area (Å²) in [4.78, 5) is 12.4. The molecule has 26 heavy (non-hydrogen) atoms. The van der Waals surface area contributed by atoms with Gasteiger partial charge in [-0.2, -0.15) is 0 Å². The summed E-state index contributed by atoms with van der Waals surface area (Å²) in [6.45, 7) is 4.29. The van der Waals surface area contributed by atoms with E-state index in [0.29, 0.717) is 5.56 Å². The summed E-state index contributed by atoms with van der Waals surface area (Å²) in [6, 6.07) is 6.08. The van der Waals surface area contributed by atoms with Gasteiger partial charge in [-0.3, -0.25) is 4.79 Å². The Morgan fingerprint density at radius 1 is 1.35 bits per heavy atom. The molecule has 8 heteroatoms. The Kier molecular flexibility index (Phi) is 5.13. The van der Waals surface area contributed by atoms with Gasteiger partial charge in [0.15, 0.2) is 0 Å². The lowest BCUT2D eigenvalue weighted by molar-refractivity contribution is -0.121. The zero-order chi connectivity index (χ0) is 18.8. The van der Waals surface area contributed by atoms with E-state index < -0.39 is 15.9 Å². The summed E-state index contributed by atoms with van der Waals surface area (Å²) >= 11 is 0. The third kappa shape index (κ3) is 4.12. The monoisotopic (exact) mass is 377 g/mol. The number of amides is 1. The van der Waals surface area contributed by atoms with Crippen molar-refractivity contribution in [1.29, 1.82) is 0 Å². The van der Waals surface area contributed by atoms with Gasteiger partial charge in [0.25, 0.3) is 10.0 Å². The summed E-state index contributed by atoms with van der Waals surface area (Å²) < 4.78 is 32.4. The van der Waals surface area contributed by atoms with Gasteiger partial charge in [-0.25, -0.2) is 13.1 Å². The van der Waals surface area contributed by atoms with Crippen LogP contribution in [0.1, 0.15) is 46.0 Å². The highest BCUT2D eigenvalue weighted by molar-refractivity contribution is 7.90. The summed E-state index contributed by atoms with van der Waals surface area (Å²) in [5.74, 6) is -0.0540. The molecule has 1 atom stereocenters. The third-order valence-electron chi connectivity index (χ3n) is 5.16. The van der Waals surface area contributed by atoms with Crippen LogP contribution in [0.25, 0.3) is 11.5 Å². The van der Waals surface area contributed by atoms with E-state index in [4.69, 9.17) is 4.42 Å². The Hall–Kier alpha value is -2.22. The molecule has 1 heterocycles. The first-order valence-corrected chi connectivity index (χ1v) is 10.2. The number of aromatic nitrogens is 2. The highest BCUT2D eigenvalue weighted by atomic mass is 32.2. The molecule has 1 aromatic carbocycles. The third-order valence-corrected chi connectivity index (χ3v) is 6.53. The van der Waals surface area contributed by atoms with Crippen LogP contribution < -0.4 is 4.72 Å². The highest BCUT2D eigenvalue weighted by Gasteiger charge is 2.34. The topological polar surface area (TPSA) is 102 Å². The fourth-order valence-electron chi connectivity index (χ4n) is 3.51. The predicted molar refractivity (Wildman–Crippen MR) is 95.4 cm³/mol. The van der Waals surface area contributed by atoms with Gasteiger partial charge >= 0.3 is 0 Å². The van der Waals surface area contributed by atoms with Crippen LogP contribution in [0.15, 0.2) is 40.0 Å². The number of hydrogen-bond acceptors (Lipinski definition) is 6. The van der Waals surface area contributed by atoms with Crippen LogP contribution in [-0.2, 0) is 14.8 Å². The maximum absolute atomic E-state index is 12.6. The molecule has 1 amide bonds. The van der Waals surface area contributed by atoms with Crippen molar-refractivity contribution in [3.8, 4) is 11.5 Å². The minimum Gasteiger partial charge on any atom is -0.423 e. The van der Waals surface area contributed by atoms with Gasteiger partial charge in [-0.05, 0) is 42.4 Å². The SMILES string of the molecule is CC1(C)CCCC[C@@H]1CC(=O)NS(=O)(=O)c1cccc(-c2nnco2)c1. The van der Waals surface area contributed by atoms with E-state index in [1.165, 1.54) is 18.5 Å². The molecule has 0 unspecified atom stereocenters. The number of sulfonamides is 1. The van der Waals surface area contributed by atoms with Gasteiger partial charge in [0.05, 0.1) is 4.90 Å². The predicted octanol–water partition coefficient (Wildman–Crippen LogP) is 3.15. The number of benzene rings is 1. The van der Waals surface area contributed by atoms with Gasteiger partial charge in [-0.1, -0.05) is 32.8 Å². The van der Waals surface area contributed by atoms with Crippen molar-refractivity contribution in [3.05, 3.63) is 30.7 Å². The second-order valence-electron chi connectivity index (χ2n) is 7.44. The van der Waals surface area contributed by atoms with Gasteiger partial charge in [0, 0.05) is 12.0 Å². The van der Waals surface area contributed by atoms with Gasteiger partial charge in [-0.15, -0.1) is 10.2 Å². The minimum absolute atomic E-state index is 0.00976. The summed E-state index contributed by atoms with van der Waals surface area (Å²) in [5.41, 5.74) is 0.531. The summed E-state index contributed by atoms with van der Waals surface area (Å²) in [6.07, 6.45) is 5.64. The molecule has 1 aromatic heterocycles. The number of carbonyl (C=O) groups excluding carboxylic acids is 1. The second-order valence-corrected chi connectivity index (χ2v) is 9.12. The quantitative estimate of drug-likeness (QED) is 0.859. The van der Waals surface area contributed by atoms with E-state index >= 15 is 0 Å². The maximum Gasteiger partial charge on any atom is 0.264 e. The van der Waals surface area contributed by atoms with E-state index in [1.54, 1.807) is 12.1 Å². The molecule has 0 aliphatic heterocycles. The Bertz CT molecular complexity index is 876. The smallest absolute Gasteiger partial charge is 0.264 e. The molecule has 1 aliphatic carbocycles. The Balaban J connectivity index is 1.72. The Labute approximate surface area is 153 Å². The van der Waals surface area contributed by atoms with Crippen molar-refractivity contribution in [2.24, 2.45) is 11.3 Å². The molecule has 140 valence electrons. The molecule has 0 bridgehead atoms. The van der Waals surface area contributed by atoms with Gasteiger partial charge in [0.2, 0.25) is 18.2 Å². The highest BCUT2D eigenvalue weighted by Crippen LogP contribution is 2.42. The van der Waals surface area contributed by atoms with Crippen molar-refractivity contribution < 1.29 is 17.6 Å². The lowest BCUT2D eigenvalue weighted by Gasteiger charge is -2.38. The molecule has 1 fully saturated rings. The minimum atomic E-state index is -3.95. The van der Waals surface area contributed by atoms with Crippen LogP contribution in [0.3, 0.4) is 0 Å². The van der Waals surface area contributed by atoms with Gasteiger partial charge in [0.1, 0.15) is 0 Å². The average molecular weight is 377 g/mol. The largest absolute Gasteiger partial charge is 0.423 e. The zero-order valence-electron chi connectivity index (χ0n) is 14.9. The molecule has 7 nitrogen and oxygen atoms in total. The lowest BCUT2D eigenvalue weighted by Crippen LogP contribution is -2.36. The second kappa shape index (κ2) is 7.19. The van der Waals surface area contributed by atoms with Gasteiger partial charge < -0.3 is 4.42 Å². The van der Waals surface area contributed by atoms with Crippen molar-refractivity contribution in [1.82, 2.24) is 14.9 Å². The first-order chi connectivity index (χ1) is 12.3. The van der Waals surface area contributed by atoms with Crippen LogP contribution in [0.5, 0.6) is 0 Å². The molecule has 1 saturated carbocycles. The molecule has 0 spiro atoms. The van der Waals surface area contributed by atoms with Crippen LogP contribution >= 0.6 is 0 Å². The fraction of sp³-hybridized carbons (Fsp3) is 0.500. The molecule has 0 radical (unpaired) electrons.